The third-order valence-electron chi connectivity index (χ3n) is 4.00. The van der Waals surface area contributed by atoms with Crippen LogP contribution in [-0.4, -0.2) is 33.8 Å². The van der Waals surface area contributed by atoms with Crippen LogP contribution in [0, 0.1) is 0 Å². The number of primary amides is 1. The van der Waals surface area contributed by atoms with Gasteiger partial charge in [-0.2, -0.15) is 4.57 Å². The van der Waals surface area contributed by atoms with Crippen molar-refractivity contribution in [3.63, 3.8) is 0 Å². The van der Waals surface area contributed by atoms with E-state index in [4.69, 9.17) is 5.73 Å². The number of hydrogen-bond donors (Lipinski definition) is 1. The van der Waals surface area contributed by atoms with Crippen molar-refractivity contribution in [3.05, 3.63) is 47.3 Å². The van der Waals surface area contributed by atoms with Crippen molar-refractivity contribution in [1.29, 1.82) is 0 Å². The average Bonchev–Trinajstić information content (AvgIpc) is 2.54. The fourth-order valence-electron chi connectivity index (χ4n) is 2.86. The maximum absolute atomic E-state index is 12.0. The summed E-state index contributed by atoms with van der Waals surface area (Å²) < 4.78 is 1.60. The number of β-lactam (4-membered cyclic amide) rings is 1. The minimum absolute atomic E-state index is 0.0960. The molecule has 1 unspecified atom stereocenters. The first-order valence-corrected chi connectivity index (χ1v) is 8.85. The van der Waals surface area contributed by atoms with Crippen LogP contribution >= 0.6 is 0 Å². The molecule has 2 N–H and O–H groups in total. The van der Waals surface area contributed by atoms with Gasteiger partial charge in [0.25, 0.3) is 5.70 Å². The number of nitrogens with zero attached hydrogens (tertiary/aromatic N) is 2. The first-order chi connectivity index (χ1) is 11.4. The highest BCUT2D eigenvalue weighted by molar-refractivity contribution is 8.00. The quantitative estimate of drug-likeness (QED) is 0.416. The first kappa shape index (κ1) is 16.3. The summed E-state index contributed by atoms with van der Waals surface area (Å²) in [4.78, 5) is 36.1. The fourth-order valence-corrected chi connectivity index (χ4v) is 5.13. The van der Waals surface area contributed by atoms with Gasteiger partial charge in [-0.15, -0.1) is 0 Å². The number of carboxylic acids is 1. The highest BCUT2D eigenvalue weighted by Gasteiger charge is 2.56. The van der Waals surface area contributed by atoms with Crippen molar-refractivity contribution >= 4 is 34.4 Å². The molecular formula is C16H16N3O4S+. The van der Waals surface area contributed by atoms with Gasteiger partial charge in [-0.05, 0) is 13.0 Å². The molecule has 0 radical (unpaired) electrons. The van der Waals surface area contributed by atoms with Crippen LogP contribution in [0.5, 0.6) is 0 Å². The van der Waals surface area contributed by atoms with Gasteiger partial charge in [0.05, 0.1) is 28.8 Å². The standard InChI is InChI=1S/C16H15N3O4S/c1-2-7-24-9-11(18-5-3-10(4-6-18)15(17)21)14(16(22)23)19-12(20)8-13(19)24/h2-7,13H,8-9H2,1H3,(H-2,17,21,22,23)/p+1/t13-,24?/m1/s1. The Hall–Kier alpha value is -2.61. The molecule has 0 aliphatic carbocycles. The summed E-state index contributed by atoms with van der Waals surface area (Å²) in [5, 5.41) is 13.5. The number of amides is 2. The Morgan fingerprint density at radius 2 is 2.08 bits per heavy atom. The molecule has 8 heteroatoms. The molecule has 3 heterocycles. The smallest absolute Gasteiger partial charge is 0.263 e. The number of aliphatic carboxylic acids is 1. The summed E-state index contributed by atoms with van der Waals surface area (Å²) in [7, 11) is -0.272. The first-order valence-electron chi connectivity index (χ1n) is 7.33. The number of fused-ring (bicyclic) bond motifs is 1. The number of carboxylic acid groups (broad SMARTS) is 1. The topological polar surface area (TPSA) is 107 Å². The normalized spacial score (nSPS) is 23.2. The van der Waals surface area contributed by atoms with Crippen molar-refractivity contribution in [3.8, 4) is 0 Å². The van der Waals surface area contributed by atoms with Gasteiger partial charge >= 0.3 is 0 Å². The van der Waals surface area contributed by atoms with Gasteiger partial charge in [-0.1, -0.05) is 0 Å². The van der Waals surface area contributed by atoms with E-state index in [-0.39, 0.29) is 27.9 Å². The van der Waals surface area contributed by atoms with Crippen molar-refractivity contribution in [2.45, 2.75) is 18.7 Å². The molecule has 1 aromatic rings. The number of hydrogen-bond acceptors (Lipinski definition) is 4. The highest BCUT2D eigenvalue weighted by atomic mass is 32.2. The molecule has 0 spiro atoms. The van der Waals surface area contributed by atoms with E-state index >= 15 is 0 Å². The Balaban J connectivity index is 2.09. The van der Waals surface area contributed by atoms with Crippen molar-refractivity contribution in [2.24, 2.45) is 5.73 Å². The molecule has 24 heavy (non-hydrogen) atoms. The van der Waals surface area contributed by atoms with Crippen LogP contribution in [0.15, 0.2) is 41.7 Å². The molecule has 2 amide bonds. The van der Waals surface area contributed by atoms with E-state index in [9.17, 15) is 19.5 Å². The molecule has 3 rings (SSSR count). The third-order valence-corrected chi connectivity index (χ3v) is 6.31. The average molecular weight is 346 g/mol. The molecule has 2 aliphatic rings. The molecule has 1 aromatic heterocycles. The van der Waals surface area contributed by atoms with Gasteiger partial charge in [0.2, 0.25) is 22.9 Å². The molecule has 2 atom stereocenters. The number of aromatic nitrogens is 1. The third kappa shape index (κ3) is 2.58. The summed E-state index contributed by atoms with van der Waals surface area (Å²) in [5.74, 6) is -1.67. The number of carbonyl (C=O) groups is 3. The van der Waals surface area contributed by atoms with Gasteiger partial charge in [0.1, 0.15) is 11.1 Å². The van der Waals surface area contributed by atoms with Gasteiger partial charge in [0.15, 0.2) is 12.4 Å². The Morgan fingerprint density at radius 1 is 1.42 bits per heavy atom. The zero-order valence-corrected chi connectivity index (χ0v) is 13.8. The van der Waals surface area contributed by atoms with Crippen molar-refractivity contribution < 1.29 is 24.1 Å². The van der Waals surface area contributed by atoms with Crippen LogP contribution in [0.4, 0.5) is 0 Å². The second-order valence-electron chi connectivity index (χ2n) is 5.45. The van der Waals surface area contributed by atoms with Gasteiger partial charge in [0, 0.05) is 12.1 Å². The van der Waals surface area contributed by atoms with E-state index in [1.165, 1.54) is 17.0 Å². The zero-order chi connectivity index (χ0) is 17.4. The van der Waals surface area contributed by atoms with E-state index in [2.05, 4.69) is 0 Å². The number of pyridine rings is 1. The van der Waals surface area contributed by atoms with Crippen molar-refractivity contribution in [2.75, 3.05) is 5.75 Å². The second kappa shape index (κ2) is 6.12. The number of nitrogens with two attached hydrogens (primary N) is 1. The van der Waals surface area contributed by atoms with Crippen LogP contribution in [0.2, 0.25) is 0 Å². The molecule has 0 aromatic carbocycles. The molecule has 124 valence electrons. The van der Waals surface area contributed by atoms with Crippen LogP contribution in [0.1, 0.15) is 23.7 Å². The van der Waals surface area contributed by atoms with E-state index < -0.39 is 11.9 Å². The lowest BCUT2D eigenvalue weighted by atomic mass is 10.1. The number of carbonyl (C=O) groups excluding carboxylic acids is 3. The second-order valence-corrected chi connectivity index (χ2v) is 7.49. The van der Waals surface area contributed by atoms with Gasteiger partial charge < -0.3 is 15.6 Å². The molecule has 2 aliphatic heterocycles. The summed E-state index contributed by atoms with van der Waals surface area (Å²) in [6.07, 6.45) is 5.40. The van der Waals surface area contributed by atoms with E-state index in [1.54, 1.807) is 17.0 Å². The summed E-state index contributed by atoms with van der Waals surface area (Å²) >= 11 is 0. The predicted molar refractivity (Wildman–Crippen MR) is 85.7 cm³/mol. The zero-order valence-electron chi connectivity index (χ0n) is 13.0. The molecular weight excluding hydrogens is 330 g/mol. The largest absolute Gasteiger partial charge is 0.543 e. The fraction of sp³-hybridized carbons (Fsp3) is 0.250. The summed E-state index contributed by atoms with van der Waals surface area (Å²) in [5.41, 5.74) is 5.92. The SMILES string of the molecule is CC=C[S+]1CC([n+]2ccc(C(N)=O)cc2)=C(C(=O)[O-])N2C(=O)C[C@H]21. The van der Waals surface area contributed by atoms with Crippen LogP contribution < -0.4 is 15.4 Å². The van der Waals surface area contributed by atoms with Crippen LogP contribution in [0.25, 0.3) is 5.70 Å². The molecule has 0 saturated carbocycles. The number of allylic oxidation sites excluding steroid dienone is 1. The Labute approximate surface area is 141 Å². The minimum Gasteiger partial charge on any atom is -0.543 e. The number of rotatable bonds is 4. The summed E-state index contributed by atoms with van der Waals surface area (Å²) in [6, 6.07) is 3.03. The Morgan fingerprint density at radius 3 is 2.58 bits per heavy atom. The Bertz CT molecular complexity index is 785. The summed E-state index contributed by atoms with van der Waals surface area (Å²) in [6.45, 7) is 1.89. The Kier molecular flexibility index (Phi) is 4.15. The maximum Gasteiger partial charge on any atom is 0.263 e. The van der Waals surface area contributed by atoms with Gasteiger partial charge in [-0.3, -0.25) is 14.5 Å². The van der Waals surface area contributed by atoms with E-state index in [1.807, 2.05) is 18.4 Å². The molecule has 1 fully saturated rings. The van der Waals surface area contributed by atoms with Crippen LogP contribution in [0.3, 0.4) is 0 Å². The lowest BCUT2D eigenvalue weighted by Gasteiger charge is -2.41. The monoisotopic (exact) mass is 346 g/mol. The molecule has 7 nitrogen and oxygen atoms in total. The highest BCUT2D eigenvalue weighted by Crippen LogP contribution is 2.37. The van der Waals surface area contributed by atoms with Gasteiger partial charge in [-0.25, -0.2) is 0 Å². The molecule has 0 bridgehead atoms. The van der Waals surface area contributed by atoms with Crippen LogP contribution in [-0.2, 0) is 20.5 Å². The maximum atomic E-state index is 12.0. The van der Waals surface area contributed by atoms with E-state index in [0.29, 0.717) is 23.4 Å². The lowest BCUT2D eigenvalue weighted by molar-refractivity contribution is -0.582. The lowest BCUT2D eigenvalue weighted by Crippen LogP contribution is -2.63. The molecule has 1 saturated heterocycles. The van der Waals surface area contributed by atoms with E-state index in [0.717, 1.165) is 0 Å². The minimum atomic E-state index is -1.38. The van der Waals surface area contributed by atoms with Crippen molar-refractivity contribution in [1.82, 2.24) is 4.90 Å². The predicted octanol–water partition coefficient (Wildman–Crippen LogP) is -1.28.